The number of carbonyl (C=O) groups excluding carboxylic acids is 2. The molecule has 0 bridgehead atoms. The zero-order chi connectivity index (χ0) is 19.0. The molecule has 6 heteroatoms. The van der Waals surface area contributed by atoms with Crippen molar-refractivity contribution in [3.8, 4) is 0 Å². The van der Waals surface area contributed by atoms with Gasteiger partial charge in [-0.1, -0.05) is 25.1 Å². The Morgan fingerprint density at radius 2 is 2.15 bits per heavy atom. The summed E-state index contributed by atoms with van der Waals surface area (Å²) in [7, 11) is 0. The molecule has 1 aromatic carbocycles. The molecule has 4 rings (SSSR count). The molecule has 2 heterocycles. The Kier molecular flexibility index (Phi) is 4.74. The van der Waals surface area contributed by atoms with Crippen LogP contribution in [-0.4, -0.2) is 18.5 Å². The van der Waals surface area contributed by atoms with Crippen LogP contribution in [0.25, 0.3) is 11.0 Å². The van der Waals surface area contributed by atoms with Crippen LogP contribution in [0.4, 0.5) is 5.00 Å². The molecule has 1 atom stereocenters. The van der Waals surface area contributed by atoms with Crippen LogP contribution in [-0.2, 0) is 17.6 Å². The lowest BCUT2D eigenvalue weighted by molar-refractivity contribution is 0.0526. The Bertz CT molecular complexity index is 984. The Morgan fingerprint density at radius 1 is 1.33 bits per heavy atom. The van der Waals surface area contributed by atoms with Gasteiger partial charge in [-0.3, -0.25) is 4.79 Å². The van der Waals surface area contributed by atoms with E-state index in [2.05, 4.69) is 12.2 Å². The summed E-state index contributed by atoms with van der Waals surface area (Å²) in [6.07, 6.45) is 2.79. The molecular formula is C21H21NO4S. The number of hydrogen-bond acceptors (Lipinski definition) is 5. The molecular weight excluding hydrogens is 362 g/mol. The highest BCUT2D eigenvalue weighted by Crippen LogP contribution is 2.40. The van der Waals surface area contributed by atoms with E-state index in [4.69, 9.17) is 9.15 Å². The number of rotatable bonds is 4. The van der Waals surface area contributed by atoms with Crippen molar-refractivity contribution in [2.24, 2.45) is 5.92 Å². The molecule has 1 N–H and O–H groups in total. The van der Waals surface area contributed by atoms with Gasteiger partial charge < -0.3 is 14.5 Å². The predicted molar refractivity (Wildman–Crippen MR) is 106 cm³/mol. The fourth-order valence-corrected chi connectivity index (χ4v) is 4.91. The van der Waals surface area contributed by atoms with E-state index in [1.807, 2.05) is 24.3 Å². The van der Waals surface area contributed by atoms with E-state index in [1.54, 1.807) is 13.0 Å². The van der Waals surface area contributed by atoms with Crippen molar-refractivity contribution < 1.29 is 18.7 Å². The molecule has 0 saturated carbocycles. The third-order valence-electron chi connectivity index (χ3n) is 4.87. The largest absolute Gasteiger partial charge is 0.462 e. The van der Waals surface area contributed by atoms with E-state index < -0.39 is 0 Å². The van der Waals surface area contributed by atoms with E-state index in [-0.39, 0.29) is 17.6 Å². The van der Waals surface area contributed by atoms with Gasteiger partial charge in [-0.25, -0.2) is 4.79 Å². The van der Waals surface area contributed by atoms with Crippen molar-refractivity contribution in [3.63, 3.8) is 0 Å². The highest BCUT2D eigenvalue weighted by atomic mass is 32.1. The van der Waals surface area contributed by atoms with E-state index in [0.29, 0.717) is 28.7 Å². The number of thiophene rings is 1. The summed E-state index contributed by atoms with van der Waals surface area (Å²) in [6.45, 7) is 4.29. The Labute approximate surface area is 161 Å². The number of ether oxygens (including phenoxy) is 1. The number of nitrogens with one attached hydrogen (secondary N) is 1. The van der Waals surface area contributed by atoms with Crippen molar-refractivity contribution in [1.82, 2.24) is 0 Å². The molecule has 3 aromatic rings. The third kappa shape index (κ3) is 3.37. The van der Waals surface area contributed by atoms with Gasteiger partial charge in [-0.05, 0) is 49.8 Å². The molecule has 0 saturated heterocycles. The standard InChI is InChI=1S/C21H21NO4S/c1-3-25-21(24)18-14-9-8-12(2)10-17(14)27-20(18)22-19(23)16-11-13-6-4-5-7-15(13)26-16/h4-7,11-12H,3,8-10H2,1-2H3,(H,22,23)/t12-/m1/s1. The number of amides is 1. The number of fused-ring (bicyclic) bond motifs is 2. The summed E-state index contributed by atoms with van der Waals surface area (Å²) in [6, 6.07) is 9.18. The molecule has 1 amide bonds. The smallest absolute Gasteiger partial charge is 0.341 e. The van der Waals surface area contributed by atoms with Gasteiger partial charge in [0.25, 0.3) is 5.91 Å². The van der Waals surface area contributed by atoms with Crippen molar-refractivity contribution in [3.05, 3.63) is 52.1 Å². The monoisotopic (exact) mass is 383 g/mol. The lowest BCUT2D eigenvalue weighted by atomic mass is 9.88. The number of furan rings is 1. The first kappa shape index (κ1) is 17.8. The number of carbonyl (C=O) groups is 2. The van der Waals surface area contributed by atoms with Crippen LogP contribution < -0.4 is 5.32 Å². The van der Waals surface area contributed by atoms with Gasteiger partial charge in [0.2, 0.25) is 0 Å². The zero-order valence-corrected chi connectivity index (χ0v) is 16.2. The molecule has 0 fully saturated rings. The van der Waals surface area contributed by atoms with Gasteiger partial charge in [0.1, 0.15) is 10.6 Å². The highest BCUT2D eigenvalue weighted by molar-refractivity contribution is 7.17. The van der Waals surface area contributed by atoms with E-state index in [1.165, 1.54) is 11.3 Å². The summed E-state index contributed by atoms with van der Waals surface area (Å²) in [5.74, 6) is 0.0729. The SMILES string of the molecule is CCOC(=O)c1c(NC(=O)c2cc3ccccc3o2)sc2c1CC[C@@H](C)C2. The van der Waals surface area contributed by atoms with Crippen LogP contribution in [0.2, 0.25) is 0 Å². The first-order valence-corrected chi connectivity index (χ1v) is 10.00. The minimum atomic E-state index is -0.371. The fraction of sp³-hybridized carbons (Fsp3) is 0.333. The van der Waals surface area contributed by atoms with Crippen LogP contribution in [0.5, 0.6) is 0 Å². The second-order valence-corrected chi connectivity index (χ2v) is 7.98. The minimum Gasteiger partial charge on any atom is -0.462 e. The van der Waals surface area contributed by atoms with Gasteiger partial charge in [0.15, 0.2) is 5.76 Å². The minimum absolute atomic E-state index is 0.228. The maximum atomic E-state index is 12.7. The molecule has 1 aliphatic carbocycles. The van der Waals surface area contributed by atoms with Gasteiger partial charge >= 0.3 is 5.97 Å². The number of hydrogen-bond donors (Lipinski definition) is 1. The Balaban J connectivity index is 1.68. The molecule has 5 nitrogen and oxygen atoms in total. The average molecular weight is 383 g/mol. The molecule has 27 heavy (non-hydrogen) atoms. The molecule has 2 aromatic heterocycles. The van der Waals surface area contributed by atoms with E-state index in [9.17, 15) is 9.59 Å². The van der Waals surface area contributed by atoms with Crippen molar-refractivity contribution >= 4 is 39.2 Å². The van der Waals surface area contributed by atoms with Crippen LogP contribution in [0.3, 0.4) is 0 Å². The number of para-hydroxylation sites is 1. The van der Waals surface area contributed by atoms with Crippen molar-refractivity contribution in [1.29, 1.82) is 0 Å². The molecule has 0 unspecified atom stereocenters. The summed E-state index contributed by atoms with van der Waals surface area (Å²) in [4.78, 5) is 26.5. The lowest BCUT2D eigenvalue weighted by Gasteiger charge is -2.18. The molecule has 140 valence electrons. The van der Waals surface area contributed by atoms with E-state index in [0.717, 1.165) is 35.1 Å². The van der Waals surface area contributed by atoms with Gasteiger partial charge in [-0.15, -0.1) is 11.3 Å². The summed E-state index contributed by atoms with van der Waals surface area (Å²) < 4.78 is 10.9. The topological polar surface area (TPSA) is 68.5 Å². The molecule has 0 aliphatic heterocycles. The number of anilines is 1. The van der Waals surface area contributed by atoms with Gasteiger partial charge in [0, 0.05) is 10.3 Å². The fourth-order valence-electron chi connectivity index (χ4n) is 3.52. The van der Waals surface area contributed by atoms with Crippen LogP contribution in [0.1, 0.15) is 51.6 Å². The third-order valence-corrected chi connectivity index (χ3v) is 6.04. The van der Waals surface area contributed by atoms with Crippen LogP contribution in [0.15, 0.2) is 34.7 Å². The second-order valence-electron chi connectivity index (χ2n) is 6.88. The predicted octanol–water partition coefficient (Wildman–Crippen LogP) is 5.05. The molecule has 0 spiro atoms. The lowest BCUT2D eigenvalue weighted by Crippen LogP contribution is -2.16. The van der Waals surface area contributed by atoms with Crippen molar-refractivity contribution in [2.45, 2.75) is 33.1 Å². The first-order chi connectivity index (χ1) is 13.1. The number of benzene rings is 1. The van der Waals surface area contributed by atoms with Gasteiger partial charge in [0.05, 0.1) is 12.2 Å². The quantitative estimate of drug-likeness (QED) is 0.640. The summed E-state index contributed by atoms with van der Waals surface area (Å²) >= 11 is 1.48. The molecule has 1 aliphatic rings. The first-order valence-electron chi connectivity index (χ1n) is 9.18. The van der Waals surface area contributed by atoms with Crippen LogP contribution in [0, 0.1) is 5.92 Å². The normalized spacial score (nSPS) is 16.1. The maximum absolute atomic E-state index is 12.7. The van der Waals surface area contributed by atoms with E-state index >= 15 is 0 Å². The molecule has 0 radical (unpaired) electrons. The number of esters is 1. The maximum Gasteiger partial charge on any atom is 0.341 e. The van der Waals surface area contributed by atoms with Crippen molar-refractivity contribution in [2.75, 3.05) is 11.9 Å². The van der Waals surface area contributed by atoms with Gasteiger partial charge in [-0.2, -0.15) is 0 Å². The average Bonchev–Trinajstić information content (AvgIpc) is 3.22. The highest BCUT2D eigenvalue weighted by Gasteiger charge is 2.29. The second kappa shape index (κ2) is 7.19. The summed E-state index contributed by atoms with van der Waals surface area (Å²) in [5.41, 5.74) is 2.19. The Hall–Kier alpha value is -2.60. The zero-order valence-electron chi connectivity index (χ0n) is 15.3. The van der Waals surface area contributed by atoms with Crippen LogP contribution >= 0.6 is 11.3 Å². The Morgan fingerprint density at radius 3 is 2.93 bits per heavy atom. The summed E-state index contributed by atoms with van der Waals surface area (Å²) in [5, 5.41) is 4.31.